The lowest BCUT2D eigenvalue weighted by Crippen LogP contribution is -2.36. The molecular formula is C17H27ClN4O3S. The fraction of sp³-hybridized carbons (Fsp3) is 0.529. The van der Waals surface area contributed by atoms with Crippen LogP contribution in [0.15, 0.2) is 34.2 Å². The van der Waals surface area contributed by atoms with E-state index in [9.17, 15) is 13.2 Å². The Hall–Kier alpha value is -1.64. The highest BCUT2D eigenvalue weighted by molar-refractivity contribution is 7.90. The second-order valence-corrected chi connectivity index (χ2v) is 7.68. The van der Waals surface area contributed by atoms with E-state index in [0.717, 1.165) is 25.7 Å². The molecule has 146 valence electrons. The van der Waals surface area contributed by atoms with Crippen molar-refractivity contribution < 1.29 is 13.2 Å². The summed E-state index contributed by atoms with van der Waals surface area (Å²) in [6, 6.07) is 6.04. The van der Waals surface area contributed by atoms with E-state index in [4.69, 9.17) is 5.73 Å². The number of sulfonamides is 1. The first kappa shape index (κ1) is 22.4. The van der Waals surface area contributed by atoms with E-state index in [0.29, 0.717) is 25.1 Å². The number of amidine groups is 1. The lowest BCUT2D eigenvalue weighted by Gasteiger charge is -2.14. The molecule has 1 aliphatic heterocycles. The fourth-order valence-corrected chi connectivity index (χ4v) is 3.88. The van der Waals surface area contributed by atoms with Crippen molar-refractivity contribution in [2.24, 2.45) is 10.7 Å². The number of halogens is 1. The zero-order valence-corrected chi connectivity index (χ0v) is 16.5. The van der Waals surface area contributed by atoms with Crippen molar-refractivity contribution in [3.63, 3.8) is 0 Å². The first-order valence-corrected chi connectivity index (χ1v) is 10.2. The molecule has 4 N–H and O–H groups in total. The van der Waals surface area contributed by atoms with Crippen molar-refractivity contribution in [3.8, 4) is 0 Å². The Kier molecular flexibility index (Phi) is 9.04. The molecule has 0 saturated heterocycles. The third-order valence-electron chi connectivity index (χ3n) is 4.01. The first-order chi connectivity index (χ1) is 12.0. The number of aliphatic imine (C=N–C) groups is 1. The molecule has 1 heterocycles. The Morgan fingerprint density at radius 1 is 1.27 bits per heavy atom. The zero-order chi connectivity index (χ0) is 18.3. The lowest BCUT2D eigenvalue weighted by atomic mass is 10.1. The molecule has 26 heavy (non-hydrogen) atoms. The molecule has 1 aromatic carbocycles. The van der Waals surface area contributed by atoms with Gasteiger partial charge in [0, 0.05) is 12.1 Å². The van der Waals surface area contributed by atoms with Gasteiger partial charge in [0.2, 0.25) is 5.91 Å². The molecule has 9 heteroatoms. The summed E-state index contributed by atoms with van der Waals surface area (Å²) in [5.41, 5.74) is 5.96. The maximum atomic E-state index is 12.4. The third-order valence-corrected chi connectivity index (χ3v) is 5.41. The topological polar surface area (TPSA) is 114 Å². The van der Waals surface area contributed by atoms with Gasteiger partial charge in [-0.1, -0.05) is 31.9 Å². The molecule has 0 saturated carbocycles. The minimum absolute atomic E-state index is 0. The quantitative estimate of drug-likeness (QED) is 0.544. The van der Waals surface area contributed by atoms with Crippen molar-refractivity contribution in [1.82, 2.24) is 10.0 Å². The number of nitrogens with one attached hydrogen (secondary N) is 2. The van der Waals surface area contributed by atoms with Crippen LogP contribution < -0.4 is 15.8 Å². The number of carbonyl (C=O) groups excluding carboxylic acids is 1. The summed E-state index contributed by atoms with van der Waals surface area (Å²) in [4.78, 5) is 17.1. The predicted octanol–water partition coefficient (Wildman–Crippen LogP) is 1.56. The van der Waals surface area contributed by atoms with Crippen molar-refractivity contribution >= 4 is 34.2 Å². The maximum absolute atomic E-state index is 12.4. The summed E-state index contributed by atoms with van der Waals surface area (Å²) >= 11 is 0. The molecule has 0 bridgehead atoms. The van der Waals surface area contributed by atoms with Crippen LogP contribution in [0.1, 0.15) is 44.6 Å². The molecule has 0 aromatic heterocycles. The SMILES string of the molecule is CCCCC(N=C1NS(=O)(=O)c2ccccc21)C(=O)NCCCCN.Cl. The molecule has 1 aliphatic rings. The van der Waals surface area contributed by atoms with Gasteiger partial charge in [0.05, 0.1) is 4.90 Å². The maximum Gasteiger partial charge on any atom is 0.263 e. The van der Waals surface area contributed by atoms with Crippen molar-refractivity contribution in [3.05, 3.63) is 29.8 Å². The number of nitrogens with two attached hydrogens (primary N) is 1. The van der Waals surface area contributed by atoms with Gasteiger partial charge >= 0.3 is 0 Å². The van der Waals surface area contributed by atoms with Gasteiger partial charge in [-0.15, -0.1) is 12.4 Å². The smallest absolute Gasteiger partial charge is 0.263 e. The van der Waals surface area contributed by atoms with Crippen LogP contribution in [0.3, 0.4) is 0 Å². The molecule has 7 nitrogen and oxygen atoms in total. The number of carbonyl (C=O) groups is 1. The van der Waals surface area contributed by atoms with Crippen molar-refractivity contribution in [2.45, 2.75) is 50.0 Å². The zero-order valence-electron chi connectivity index (χ0n) is 14.9. The molecule has 2 rings (SSSR count). The molecule has 1 atom stereocenters. The number of fused-ring (bicyclic) bond motifs is 1. The highest BCUT2D eigenvalue weighted by Gasteiger charge is 2.31. The van der Waals surface area contributed by atoms with Crippen LogP contribution in [0.25, 0.3) is 0 Å². The number of hydrogen-bond acceptors (Lipinski definition) is 5. The van der Waals surface area contributed by atoms with Crippen molar-refractivity contribution in [2.75, 3.05) is 13.1 Å². The minimum atomic E-state index is -3.60. The van der Waals surface area contributed by atoms with E-state index >= 15 is 0 Å². The van der Waals surface area contributed by atoms with E-state index in [1.165, 1.54) is 6.07 Å². The van der Waals surface area contributed by atoms with Crippen LogP contribution in [-0.2, 0) is 14.8 Å². The van der Waals surface area contributed by atoms with Crippen LogP contribution in [-0.4, -0.2) is 39.3 Å². The number of nitrogens with zero attached hydrogens (tertiary/aromatic N) is 1. The van der Waals surface area contributed by atoms with Gasteiger partial charge in [0.15, 0.2) is 0 Å². The number of rotatable bonds is 9. The van der Waals surface area contributed by atoms with Crippen LogP contribution in [0.2, 0.25) is 0 Å². The molecular weight excluding hydrogens is 376 g/mol. The van der Waals surface area contributed by atoms with Gasteiger partial charge in [-0.05, 0) is 37.9 Å². The van der Waals surface area contributed by atoms with Gasteiger partial charge in [0.1, 0.15) is 11.9 Å². The molecule has 0 aliphatic carbocycles. The average Bonchev–Trinajstić information content (AvgIpc) is 2.86. The number of benzene rings is 1. The van der Waals surface area contributed by atoms with E-state index in [2.05, 4.69) is 15.0 Å². The van der Waals surface area contributed by atoms with Crippen LogP contribution in [0.5, 0.6) is 0 Å². The van der Waals surface area contributed by atoms with E-state index in [1.54, 1.807) is 18.2 Å². The van der Waals surface area contributed by atoms with Gasteiger partial charge in [-0.3, -0.25) is 14.5 Å². The molecule has 0 spiro atoms. The monoisotopic (exact) mass is 402 g/mol. The molecule has 1 amide bonds. The largest absolute Gasteiger partial charge is 0.354 e. The summed E-state index contributed by atoms with van der Waals surface area (Å²) in [6.07, 6.45) is 4.01. The van der Waals surface area contributed by atoms with Crippen LogP contribution in [0.4, 0.5) is 0 Å². The van der Waals surface area contributed by atoms with E-state index < -0.39 is 16.1 Å². The number of unbranched alkanes of at least 4 members (excludes halogenated alkanes) is 2. The summed E-state index contributed by atoms with van der Waals surface area (Å²) in [5.74, 6) is 0.0651. The highest BCUT2D eigenvalue weighted by Crippen LogP contribution is 2.23. The normalized spacial score (nSPS) is 17.1. The molecule has 1 aromatic rings. The molecule has 0 fully saturated rings. The Morgan fingerprint density at radius 2 is 2.00 bits per heavy atom. The second kappa shape index (κ2) is 10.5. The Balaban J connectivity index is 0.00000338. The highest BCUT2D eigenvalue weighted by atomic mass is 35.5. The number of amides is 1. The standard InChI is InChI=1S/C17H26N4O3S.ClH/c1-2-3-9-14(17(22)19-12-7-6-11-18)20-16-13-8-4-5-10-15(13)25(23,24)21-16;/h4-5,8,10,14H,2-3,6-7,9,11-12,18H2,1H3,(H,19,22)(H,20,21);1H. The lowest BCUT2D eigenvalue weighted by molar-refractivity contribution is -0.122. The fourth-order valence-electron chi connectivity index (χ4n) is 2.64. The van der Waals surface area contributed by atoms with Gasteiger partial charge in [-0.25, -0.2) is 8.42 Å². The Bertz CT molecular complexity index is 737. The Labute approximate surface area is 161 Å². The van der Waals surface area contributed by atoms with Crippen LogP contribution in [0, 0.1) is 0 Å². The first-order valence-electron chi connectivity index (χ1n) is 8.67. The van der Waals surface area contributed by atoms with Gasteiger partial charge in [0.25, 0.3) is 10.0 Å². The summed E-state index contributed by atoms with van der Waals surface area (Å²) < 4.78 is 26.8. The van der Waals surface area contributed by atoms with E-state index in [-0.39, 0.29) is 29.0 Å². The minimum Gasteiger partial charge on any atom is -0.354 e. The van der Waals surface area contributed by atoms with Crippen molar-refractivity contribution in [1.29, 1.82) is 0 Å². The third kappa shape index (κ3) is 5.69. The summed E-state index contributed by atoms with van der Waals surface area (Å²) in [6.45, 7) is 3.18. The summed E-state index contributed by atoms with van der Waals surface area (Å²) in [7, 11) is -3.60. The van der Waals surface area contributed by atoms with Gasteiger partial charge < -0.3 is 11.1 Å². The molecule has 1 unspecified atom stereocenters. The average molecular weight is 403 g/mol. The summed E-state index contributed by atoms with van der Waals surface area (Å²) in [5, 5.41) is 2.87. The molecule has 0 radical (unpaired) electrons. The number of hydrogen-bond donors (Lipinski definition) is 3. The predicted molar refractivity (Wildman–Crippen MR) is 105 cm³/mol. The Morgan fingerprint density at radius 3 is 2.69 bits per heavy atom. The van der Waals surface area contributed by atoms with Gasteiger partial charge in [-0.2, -0.15) is 0 Å². The van der Waals surface area contributed by atoms with Crippen LogP contribution >= 0.6 is 12.4 Å². The van der Waals surface area contributed by atoms with E-state index in [1.807, 2.05) is 6.92 Å². The second-order valence-electron chi connectivity index (χ2n) is 6.02.